The van der Waals surface area contributed by atoms with Crippen molar-refractivity contribution in [3.8, 4) is 33.0 Å². The number of hydrogen-bond donors (Lipinski definition) is 1. The van der Waals surface area contributed by atoms with E-state index in [1.165, 1.54) is 29.7 Å². The maximum atomic E-state index is 9.59. The first-order chi connectivity index (χ1) is 17.6. The highest BCUT2D eigenvalue weighted by atomic mass is 32.1. The molecule has 1 fully saturated rings. The quantitative estimate of drug-likeness (QED) is 0.392. The third-order valence-electron chi connectivity index (χ3n) is 6.84. The van der Waals surface area contributed by atoms with E-state index in [1.54, 1.807) is 11.3 Å². The maximum Gasteiger partial charge on any atom is 0.148 e. The van der Waals surface area contributed by atoms with Gasteiger partial charge in [0.2, 0.25) is 0 Å². The molecule has 2 aliphatic rings. The van der Waals surface area contributed by atoms with Crippen LogP contribution in [0.5, 0.6) is 5.75 Å². The molecule has 1 N–H and O–H groups in total. The Morgan fingerprint density at radius 3 is 2.78 bits per heavy atom. The van der Waals surface area contributed by atoms with Gasteiger partial charge in [-0.2, -0.15) is 5.26 Å². The van der Waals surface area contributed by atoms with Crippen molar-refractivity contribution in [3.05, 3.63) is 71.1 Å². The Morgan fingerprint density at radius 1 is 1.22 bits per heavy atom. The molecular weight excluding hydrogens is 466 g/mol. The van der Waals surface area contributed by atoms with E-state index in [4.69, 9.17) is 4.74 Å². The van der Waals surface area contributed by atoms with Gasteiger partial charge in [-0.1, -0.05) is 36.1 Å². The summed E-state index contributed by atoms with van der Waals surface area (Å²) in [4.78, 5) is 2.40. The number of aromatic nitrogens is 2. The highest BCUT2D eigenvalue weighted by molar-refractivity contribution is 7.17. The van der Waals surface area contributed by atoms with Gasteiger partial charge >= 0.3 is 0 Å². The normalized spacial score (nSPS) is 16.6. The molecule has 1 saturated heterocycles. The van der Waals surface area contributed by atoms with Crippen molar-refractivity contribution in [2.24, 2.45) is 0 Å². The molecule has 5 rings (SSSR count). The van der Waals surface area contributed by atoms with Gasteiger partial charge < -0.3 is 15.0 Å². The summed E-state index contributed by atoms with van der Waals surface area (Å²) < 4.78 is 5.76. The molecule has 0 unspecified atom stereocenters. The monoisotopic (exact) mass is 497 g/mol. The van der Waals surface area contributed by atoms with Gasteiger partial charge in [-0.25, -0.2) is 0 Å². The lowest BCUT2D eigenvalue weighted by Gasteiger charge is -2.22. The molecule has 1 aliphatic carbocycles. The molecule has 2 heterocycles. The third-order valence-corrected chi connectivity index (χ3v) is 7.85. The Morgan fingerprint density at radius 2 is 2.03 bits per heavy atom. The molecule has 0 amide bonds. The Hall–Kier alpha value is -3.43. The van der Waals surface area contributed by atoms with Crippen molar-refractivity contribution in [1.29, 1.82) is 5.26 Å². The molecule has 7 heteroatoms. The van der Waals surface area contributed by atoms with Gasteiger partial charge in [0.1, 0.15) is 21.8 Å². The second-order valence-corrected chi connectivity index (χ2v) is 10.5. The van der Waals surface area contributed by atoms with Crippen LogP contribution < -0.4 is 10.1 Å². The minimum absolute atomic E-state index is 0.00849. The fourth-order valence-corrected chi connectivity index (χ4v) is 6.01. The molecule has 1 aliphatic heterocycles. The molecule has 184 valence electrons. The number of hydrogen-bond acceptors (Lipinski definition) is 7. The van der Waals surface area contributed by atoms with Crippen LogP contribution in [0.15, 0.2) is 54.4 Å². The van der Waals surface area contributed by atoms with Gasteiger partial charge in [0, 0.05) is 36.8 Å². The smallest absolute Gasteiger partial charge is 0.148 e. The fraction of sp³-hybridized carbons (Fsp3) is 0.379. The van der Waals surface area contributed by atoms with E-state index in [2.05, 4.69) is 57.0 Å². The second-order valence-electron chi connectivity index (χ2n) is 9.56. The SMILES string of the molecule is C=C=C(CN[C@H]1CCc2c(-c3nnc(-c4ccc(OC(C)C)c(C#N)c4)s3)cccc21)N1CCCC1. The first-order valence-electron chi connectivity index (χ1n) is 12.6. The lowest BCUT2D eigenvalue weighted by atomic mass is 10.0. The van der Waals surface area contributed by atoms with Crippen molar-refractivity contribution in [3.63, 3.8) is 0 Å². The van der Waals surface area contributed by atoms with Gasteiger partial charge in [0.15, 0.2) is 0 Å². The topological polar surface area (TPSA) is 74.1 Å². The van der Waals surface area contributed by atoms with Crippen molar-refractivity contribution in [2.75, 3.05) is 19.6 Å². The van der Waals surface area contributed by atoms with E-state index in [0.29, 0.717) is 17.4 Å². The summed E-state index contributed by atoms with van der Waals surface area (Å²) >= 11 is 1.56. The number of fused-ring (bicyclic) bond motifs is 1. The molecule has 6 nitrogen and oxygen atoms in total. The molecule has 0 radical (unpaired) electrons. The summed E-state index contributed by atoms with van der Waals surface area (Å²) in [6.45, 7) is 10.8. The number of nitriles is 1. The predicted molar refractivity (Wildman–Crippen MR) is 144 cm³/mol. The van der Waals surface area contributed by atoms with Gasteiger partial charge in [-0.05, 0) is 68.9 Å². The van der Waals surface area contributed by atoms with Gasteiger partial charge in [-0.3, -0.25) is 0 Å². The zero-order chi connectivity index (χ0) is 25.1. The van der Waals surface area contributed by atoms with Crippen molar-refractivity contribution in [1.82, 2.24) is 20.4 Å². The van der Waals surface area contributed by atoms with Crippen LogP contribution in [0.25, 0.3) is 21.1 Å². The highest BCUT2D eigenvalue weighted by Gasteiger charge is 2.27. The predicted octanol–water partition coefficient (Wildman–Crippen LogP) is 5.87. The van der Waals surface area contributed by atoms with E-state index in [9.17, 15) is 5.26 Å². The molecule has 36 heavy (non-hydrogen) atoms. The number of rotatable bonds is 8. The highest BCUT2D eigenvalue weighted by Crippen LogP contribution is 2.40. The van der Waals surface area contributed by atoms with Crippen LogP contribution in [-0.2, 0) is 6.42 Å². The van der Waals surface area contributed by atoms with Gasteiger partial charge in [0.25, 0.3) is 0 Å². The van der Waals surface area contributed by atoms with Crippen molar-refractivity contribution >= 4 is 11.3 Å². The lowest BCUT2D eigenvalue weighted by molar-refractivity contribution is 0.242. The van der Waals surface area contributed by atoms with Crippen LogP contribution in [0.1, 0.15) is 55.8 Å². The van der Waals surface area contributed by atoms with Crippen molar-refractivity contribution in [2.45, 2.75) is 51.7 Å². The Labute approximate surface area is 216 Å². The summed E-state index contributed by atoms with van der Waals surface area (Å²) in [6, 6.07) is 14.7. The van der Waals surface area contributed by atoms with E-state index >= 15 is 0 Å². The standard InChI is InChI=1S/C29H31N5OS/c1-4-22(34-14-5-6-15-34)18-31-26-12-11-23-24(26)8-7-9-25(23)29-33-32-28(36-29)20-10-13-27(35-19(2)3)21(16-20)17-30/h7-10,13,16,19,26,31H,1,5-6,11-12,14-15,18H2,2-3H3/t26-/m0/s1. The molecule has 0 spiro atoms. The number of nitrogens with one attached hydrogen (secondary N) is 1. The second kappa shape index (κ2) is 10.7. The average molecular weight is 498 g/mol. The van der Waals surface area contributed by atoms with E-state index < -0.39 is 0 Å². The fourth-order valence-electron chi connectivity index (χ4n) is 5.12. The summed E-state index contributed by atoms with van der Waals surface area (Å²) in [5.74, 6) is 0.597. The Kier molecular flexibility index (Phi) is 7.20. The summed E-state index contributed by atoms with van der Waals surface area (Å²) in [5, 5.41) is 24.1. The van der Waals surface area contributed by atoms with Crippen LogP contribution in [-0.4, -0.2) is 40.8 Å². The minimum atomic E-state index is 0.00849. The molecule has 3 aromatic rings. The van der Waals surface area contributed by atoms with Gasteiger partial charge in [0.05, 0.1) is 17.4 Å². The van der Waals surface area contributed by atoms with E-state index in [1.807, 2.05) is 32.0 Å². The Bertz CT molecular complexity index is 1340. The number of likely N-dealkylation sites (tertiary alicyclic amines) is 1. The molecule has 2 aromatic carbocycles. The number of benzene rings is 2. The van der Waals surface area contributed by atoms with Crippen LogP contribution in [0.2, 0.25) is 0 Å². The van der Waals surface area contributed by atoms with E-state index in [-0.39, 0.29) is 6.10 Å². The Balaban J connectivity index is 1.35. The minimum Gasteiger partial charge on any atom is -0.490 e. The summed E-state index contributed by atoms with van der Waals surface area (Å²) in [7, 11) is 0. The first-order valence-corrected chi connectivity index (χ1v) is 13.4. The first kappa shape index (κ1) is 24.3. The van der Waals surface area contributed by atoms with Crippen LogP contribution >= 0.6 is 11.3 Å². The zero-order valence-corrected chi connectivity index (χ0v) is 21.7. The molecular formula is C29H31N5OS. The van der Waals surface area contributed by atoms with E-state index in [0.717, 1.165) is 53.6 Å². The molecule has 0 bridgehead atoms. The van der Waals surface area contributed by atoms with Gasteiger partial charge in [-0.15, -0.1) is 15.9 Å². The summed E-state index contributed by atoms with van der Waals surface area (Å²) in [6.07, 6.45) is 4.57. The summed E-state index contributed by atoms with van der Waals surface area (Å²) in [5.41, 5.74) is 9.56. The number of nitrogens with zero attached hydrogens (tertiary/aromatic N) is 4. The average Bonchev–Trinajstić information content (AvgIpc) is 3.66. The van der Waals surface area contributed by atoms with Crippen molar-refractivity contribution < 1.29 is 4.74 Å². The zero-order valence-electron chi connectivity index (χ0n) is 20.9. The third kappa shape index (κ3) is 4.94. The molecule has 1 atom stereocenters. The van der Waals surface area contributed by atoms with Crippen LogP contribution in [0.3, 0.4) is 0 Å². The largest absolute Gasteiger partial charge is 0.490 e. The molecule has 0 saturated carbocycles. The maximum absolute atomic E-state index is 9.59. The number of ether oxygens (including phenoxy) is 1. The molecule has 1 aromatic heterocycles. The lowest BCUT2D eigenvalue weighted by Crippen LogP contribution is -2.29. The van der Waals surface area contributed by atoms with Crippen LogP contribution in [0.4, 0.5) is 0 Å². The van der Waals surface area contributed by atoms with Crippen LogP contribution in [0, 0.1) is 11.3 Å².